The smallest absolute Gasteiger partial charge is 0.241 e. The van der Waals surface area contributed by atoms with Crippen LogP contribution in [0.5, 0.6) is 0 Å². The highest BCUT2D eigenvalue weighted by Gasteiger charge is 2.17. The molecular weight excluding hydrogens is 238 g/mol. The second kappa shape index (κ2) is 4.74. The molecule has 15 heavy (non-hydrogen) atoms. The predicted octanol–water partition coefficient (Wildman–Crippen LogP) is 1.45. The number of hydrogen-bond acceptors (Lipinski definition) is 3. The second-order valence-electron chi connectivity index (χ2n) is 2.80. The Balaban J connectivity index is 3.31. The third kappa shape index (κ3) is 2.77. The monoisotopic (exact) mass is 247 g/mol. The second-order valence-corrected chi connectivity index (χ2v) is 4.97. The summed E-state index contributed by atoms with van der Waals surface area (Å²) in [4.78, 5) is 10.6. The van der Waals surface area contributed by atoms with Crippen molar-refractivity contribution >= 4 is 27.9 Å². The van der Waals surface area contributed by atoms with Crippen LogP contribution in [0.2, 0.25) is 5.02 Å². The van der Waals surface area contributed by atoms with E-state index in [0.29, 0.717) is 11.3 Å². The van der Waals surface area contributed by atoms with Gasteiger partial charge in [0.25, 0.3) is 0 Å². The van der Waals surface area contributed by atoms with E-state index < -0.39 is 10.0 Å². The first-order valence-corrected chi connectivity index (χ1v) is 6.11. The van der Waals surface area contributed by atoms with Gasteiger partial charge in [-0.05, 0) is 18.2 Å². The molecule has 0 spiro atoms. The Bertz CT molecular complexity index is 470. The quantitative estimate of drug-likeness (QED) is 0.819. The summed E-state index contributed by atoms with van der Waals surface area (Å²) in [6.07, 6.45) is 0.468. The van der Waals surface area contributed by atoms with E-state index in [4.69, 9.17) is 11.6 Å². The summed E-state index contributed by atoms with van der Waals surface area (Å²) in [5.74, 6) is 0. The van der Waals surface area contributed by atoms with E-state index in [1.54, 1.807) is 6.92 Å². The molecule has 0 aliphatic heterocycles. The summed E-state index contributed by atoms with van der Waals surface area (Å²) >= 11 is 5.65. The fraction of sp³-hybridized carbons (Fsp3) is 0.222. The number of halogens is 1. The Kier molecular flexibility index (Phi) is 3.84. The lowest BCUT2D eigenvalue weighted by molar-refractivity contribution is 0.112. The minimum Gasteiger partial charge on any atom is -0.298 e. The number of aldehydes is 1. The highest BCUT2D eigenvalue weighted by Crippen LogP contribution is 2.18. The maximum Gasteiger partial charge on any atom is 0.241 e. The summed E-state index contributed by atoms with van der Waals surface area (Å²) in [5.41, 5.74) is 0.0588. The molecule has 6 heteroatoms. The van der Waals surface area contributed by atoms with Crippen molar-refractivity contribution in [3.05, 3.63) is 28.8 Å². The highest BCUT2D eigenvalue weighted by atomic mass is 35.5. The molecule has 1 N–H and O–H groups in total. The molecule has 0 bridgehead atoms. The Morgan fingerprint density at radius 3 is 2.67 bits per heavy atom. The molecule has 0 saturated carbocycles. The summed E-state index contributed by atoms with van der Waals surface area (Å²) in [5, 5.41) is 0.326. The molecule has 0 aliphatic carbocycles. The maximum absolute atomic E-state index is 11.6. The number of rotatable bonds is 4. The standard InChI is InChI=1S/C9H10ClNO3S/c1-2-11-15(13,14)9-4-3-8(10)5-7(9)6-12/h3-6,11H,2H2,1H3. The Hall–Kier alpha value is -0.910. The van der Waals surface area contributed by atoms with Crippen molar-refractivity contribution in [2.45, 2.75) is 11.8 Å². The molecule has 0 amide bonds. The highest BCUT2D eigenvalue weighted by molar-refractivity contribution is 7.89. The number of benzene rings is 1. The van der Waals surface area contributed by atoms with E-state index in [0.717, 1.165) is 0 Å². The fourth-order valence-electron chi connectivity index (χ4n) is 1.12. The minimum atomic E-state index is -3.61. The first-order valence-electron chi connectivity index (χ1n) is 4.25. The van der Waals surface area contributed by atoms with E-state index in [2.05, 4.69) is 4.72 Å². The van der Waals surface area contributed by atoms with E-state index in [-0.39, 0.29) is 17.0 Å². The van der Waals surface area contributed by atoms with E-state index in [1.165, 1.54) is 18.2 Å². The topological polar surface area (TPSA) is 63.2 Å². The largest absolute Gasteiger partial charge is 0.298 e. The van der Waals surface area contributed by atoms with Crippen LogP contribution in [0.15, 0.2) is 23.1 Å². The lowest BCUT2D eigenvalue weighted by atomic mass is 10.2. The SMILES string of the molecule is CCNS(=O)(=O)c1ccc(Cl)cc1C=O. The van der Waals surface area contributed by atoms with Crippen molar-refractivity contribution in [3.63, 3.8) is 0 Å². The van der Waals surface area contributed by atoms with Crippen LogP contribution in [0, 0.1) is 0 Å². The zero-order chi connectivity index (χ0) is 11.5. The van der Waals surface area contributed by atoms with Crippen molar-refractivity contribution in [1.29, 1.82) is 0 Å². The fourth-order valence-corrected chi connectivity index (χ4v) is 2.50. The predicted molar refractivity (Wildman–Crippen MR) is 57.7 cm³/mol. The lowest BCUT2D eigenvalue weighted by Gasteiger charge is -2.06. The molecule has 0 radical (unpaired) electrons. The van der Waals surface area contributed by atoms with Gasteiger partial charge >= 0.3 is 0 Å². The average Bonchev–Trinajstić information content (AvgIpc) is 2.17. The van der Waals surface area contributed by atoms with Crippen LogP contribution in [-0.4, -0.2) is 21.2 Å². The van der Waals surface area contributed by atoms with Crippen molar-refractivity contribution in [1.82, 2.24) is 4.72 Å². The molecule has 1 aromatic rings. The number of sulfonamides is 1. The molecule has 1 aromatic carbocycles. The normalized spacial score (nSPS) is 11.3. The third-order valence-corrected chi connectivity index (χ3v) is 3.58. The first-order chi connectivity index (χ1) is 7.01. The minimum absolute atomic E-state index is 0.0521. The Morgan fingerprint density at radius 2 is 2.13 bits per heavy atom. The number of carbonyl (C=O) groups is 1. The first kappa shape index (κ1) is 12.2. The summed E-state index contributed by atoms with van der Waals surface area (Å²) in [6.45, 7) is 1.93. The number of hydrogen-bond donors (Lipinski definition) is 1. The zero-order valence-electron chi connectivity index (χ0n) is 8.03. The molecule has 0 atom stereocenters. The van der Waals surface area contributed by atoms with Crippen molar-refractivity contribution in [2.24, 2.45) is 0 Å². The van der Waals surface area contributed by atoms with Crippen molar-refractivity contribution in [3.8, 4) is 0 Å². The summed E-state index contributed by atoms with van der Waals surface area (Å²) in [7, 11) is -3.61. The van der Waals surface area contributed by atoms with Gasteiger partial charge in [0.15, 0.2) is 6.29 Å². The molecule has 1 rings (SSSR count). The average molecular weight is 248 g/mol. The molecule has 0 aliphatic rings. The summed E-state index contributed by atoms with van der Waals surface area (Å²) < 4.78 is 25.5. The number of nitrogens with one attached hydrogen (secondary N) is 1. The van der Waals surface area contributed by atoms with Crippen LogP contribution in [-0.2, 0) is 10.0 Å². The lowest BCUT2D eigenvalue weighted by Crippen LogP contribution is -2.24. The van der Waals surface area contributed by atoms with Crippen LogP contribution in [0.3, 0.4) is 0 Å². The van der Waals surface area contributed by atoms with Gasteiger partial charge in [0.2, 0.25) is 10.0 Å². The van der Waals surface area contributed by atoms with Crippen LogP contribution in [0.1, 0.15) is 17.3 Å². The van der Waals surface area contributed by atoms with Gasteiger partial charge in [-0.2, -0.15) is 0 Å². The van der Waals surface area contributed by atoms with Gasteiger partial charge in [-0.1, -0.05) is 18.5 Å². The van der Waals surface area contributed by atoms with E-state index in [9.17, 15) is 13.2 Å². The van der Waals surface area contributed by atoms with Crippen LogP contribution < -0.4 is 4.72 Å². The van der Waals surface area contributed by atoms with Gasteiger partial charge in [-0.25, -0.2) is 13.1 Å². The van der Waals surface area contributed by atoms with E-state index in [1.807, 2.05) is 0 Å². The molecular formula is C9H10ClNO3S. The van der Waals surface area contributed by atoms with Crippen molar-refractivity contribution < 1.29 is 13.2 Å². The van der Waals surface area contributed by atoms with Gasteiger partial charge < -0.3 is 0 Å². The van der Waals surface area contributed by atoms with Gasteiger partial charge in [-0.15, -0.1) is 0 Å². The Labute approximate surface area is 93.3 Å². The Morgan fingerprint density at radius 1 is 1.47 bits per heavy atom. The van der Waals surface area contributed by atoms with E-state index >= 15 is 0 Å². The van der Waals surface area contributed by atoms with Crippen molar-refractivity contribution in [2.75, 3.05) is 6.54 Å². The summed E-state index contributed by atoms with van der Waals surface area (Å²) in [6, 6.07) is 4.06. The maximum atomic E-state index is 11.6. The zero-order valence-corrected chi connectivity index (χ0v) is 9.60. The molecule has 4 nitrogen and oxygen atoms in total. The molecule has 0 saturated heterocycles. The van der Waals surface area contributed by atoms with Gasteiger partial charge in [0.05, 0.1) is 4.90 Å². The van der Waals surface area contributed by atoms with Crippen LogP contribution in [0.4, 0.5) is 0 Å². The molecule has 0 heterocycles. The van der Waals surface area contributed by atoms with Gasteiger partial charge in [-0.3, -0.25) is 4.79 Å². The van der Waals surface area contributed by atoms with Crippen LogP contribution >= 0.6 is 11.6 Å². The van der Waals surface area contributed by atoms with Crippen LogP contribution in [0.25, 0.3) is 0 Å². The molecule has 82 valence electrons. The molecule has 0 unspecified atom stereocenters. The molecule has 0 aromatic heterocycles. The molecule has 0 fully saturated rings. The third-order valence-electron chi connectivity index (χ3n) is 1.72. The van der Waals surface area contributed by atoms with Gasteiger partial charge in [0, 0.05) is 17.1 Å². The van der Waals surface area contributed by atoms with Gasteiger partial charge in [0.1, 0.15) is 0 Å². The number of carbonyl (C=O) groups excluding carboxylic acids is 1.